The van der Waals surface area contributed by atoms with Gasteiger partial charge in [0.15, 0.2) is 9.84 Å². The van der Waals surface area contributed by atoms with E-state index in [0.29, 0.717) is 12.2 Å². The summed E-state index contributed by atoms with van der Waals surface area (Å²) < 4.78 is 23.4. The molecule has 1 aliphatic rings. The molecular weight excluding hydrogens is 348 g/mol. The first kappa shape index (κ1) is 16.9. The van der Waals surface area contributed by atoms with Crippen LogP contribution >= 0.6 is 11.3 Å². The summed E-state index contributed by atoms with van der Waals surface area (Å²) in [6.07, 6.45) is 2.72. The number of nitro groups is 1. The number of hydrogen-bond donors (Lipinski definition) is 0. The van der Waals surface area contributed by atoms with Crippen molar-refractivity contribution < 1.29 is 13.3 Å². The van der Waals surface area contributed by atoms with Gasteiger partial charge >= 0.3 is 0 Å². The summed E-state index contributed by atoms with van der Waals surface area (Å²) in [6, 6.07) is 6.34. The standard InChI is InChI=1S/C16H18N2O4S2/c1-3-13-12-7-9-23-16(12)6-8-17(13)14-5-4-11(24(2,21)22)10-15(14)18(19)20/h4-5,7,9-10,13H,3,6,8H2,1-2H3. The molecule has 128 valence electrons. The number of nitro benzene ring substituents is 1. The smallest absolute Gasteiger partial charge is 0.293 e. The van der Waals surface area contributed by atoms with Crippen LogP contribution < -0.4 is 4.90 Å². The predicted octanol–water partition coefficient (Wildman–Crippen LogP) is 3.57. The number of sulfone groups is 1. The summed E-state index contributed by atoms with van der Waals surface area (Å²) in [5.74, 6) is 0. The lowest BCUT2D eigenvalue weighted by atomic mass is 9.97. The van der Waals surface area contributed by atoms with Crippen molar-refractivity contribution in [2.24, 2.45) is 0 Å². The van der Waals surface area contributed by atoms with Crippen LogP contribution in [0.4, 0.5) is 11.4 Å². The molecule has 2 aromatic rings. The third-order valence-electron chi connectivity index (χ3n) is 4.36. The molecule has 1 aromatic carbocycles. The zero-order valence-electron chi connectivity index (χ0n) is 13.4. The number of benzene rings is 1. The molecule has 2 heterocycles. The van der Waals surface area contributed by atoms with E-state index in [1.54, 1.807) is 17.4 Å². The van der Waals surface area contributed by atoms with E-state index in [-0.39, 0.29) is 16.6 Å². The average Bonchev–Trinajstić information content (AvgIpc) is 3.01. The molecule has 24 heavy (non-hydrogen) atoms. The summed E-state index contributed by atoms with van der Waals surface area (Å²) in [6.45, 7) is 2.74. The molecular formula is C16H18N2O4S2. The van der Waals surface area contributed by atoms with Gasteiger partial charge in [0.05, 0.1) is 15.9 Å². The van der Waals surface area contributed by atoms with Gasteiger partial charge in [-0.25, -0.2) is 8.42 Å². The fraction of sp³-hybridized carbons (Fsp3) is 0.375. The van der Waals surface area contributed by atoms with Gasteiger partial charge in [0.1, 0.15) is 5.69 Å². The molecule has 1 aliphatic heterocycles. The van der Waals surface area contributed by atoms with E-state index in [1.165, 1.54) is 22.6 Å². The van der Waals surface area contributed by atoms with Crippen LogP contribution in [0.3, 0.4) is 0 Å². The van der Waals surface area contributed by atoms with Gasteiger partial charge in [-0.05, 0) is 42.0 Å². The third-order valence-corrected chi connectivity index (χ3v) is 6.47. The molecule has 3 rings (SSSR count). The minimum atomic E-state index is -3.49. The quantitative estimate of drug-likeness (QED) is 0.610. The lowest BCUT2D eigenvalue weighted by Crippen LogP contribution is -2.34. The maximum atomic E-state index is 11.7. The van der Waals surface area contributed by atoms with E-state index in [2.05, 4.69) is 18.4 Å². The second-order valence-electron chi connectivity index (χ2n) is 5.85. The SMILES string of the molecule is CCC1c2ccsc2CCN1c1ccc(S(C)(=O)=O)cc1[N+](=O)[O-]. The number of nitrogens with zero attached hydrogens (tertiary/aromatic N) is 2. The summed E-state index contributed by atoms with van der Waals surface area (Å²) >= 11 is 1.72. The van der Waals surface area contributed by atoms with E-state index >= 15 is 0 Å². The van der Waals surface area contributed by atoms with E-state index in [1.807, 2.05) is 4.90 Å². The molecule has 0 N–H and O–H groups in total. The van der Waals surface area contributed by atoms with Crippen molar-refractivity contribution in [2.45, 2.75) is 30.7 Å². The van der Waals surface area contributed by atoms with Gasteiger partial charge in [-0.15, -0.1) is 11.3 Å². The van der Waals surface area contributed by atoms with Crippen LogP contribution in [0, 0.1) is 10.1 Å². The zero-order chi connectivity index (χ0) is 17.5. The van der Waals surface area contributed by atoms with Crippen molar-refractivity contribution in [1.29, 1.82) is 0 Å². The van der Waals surface area contributed by atoms with Gasteiger partial charge in [0, 0.05) is 23.7 Å². The Morgan fingerprint density at radius 2 is 2.12 bits per heavy atom. The molecule has 8 heteroatoms. The fourth-order valence-electron chi connectivity index (χ4n) is 3.25. The van der Waals surface area contributed by atoms with Crippen LogP contribution in [0.5, 0.6) is 0 Å². The highest BCUT2D eigenvalue weighted by atomic mass is 32.2. The second-order valence-corrected chi connectivity index (χ2v) is 8.86. The van der Waals surface area contributed by atoms with Gasteiger partial charge < -0.3 is 4.90 Å². The maximum Gasteiger partial charge on any atom is 0.293 e. The Morgan fingerprint density at radius 3 is 2.75 bits per heavy atom. The summed E-state index contributed by atoms with van der Waals surface area (Å²) in [7, 11) is -3.49. The molecule has 1 aromatic heterocycles. The molecule has 0 bridgehead atoms. The van der Waals surface area contributed by atoms with Crippen LogP contribution in [-0.2, 0) is 16.3 Å². The Hall–Kier alpha value is -1.93. The Bertz CT molecular complexity index is 889. The average molecular weight is 366 g/mol. The number of rotatable bonds is 4. The predicted molar refractivity (Wildman–Crippen MR) is 94.6 cm³/mol. The first-order valence-corrected chi connectivity index (χ1v) is 10.4. The van der Waals surface area contributed by atoms with E-state index in [9.17, 15) is 18.5 Å². The Balaban J connectivity index is 2.10. The highest BCUT2D eigenvalue weighted by molar-refractivity contribution is 7.90. The lowest BCUT2D eigenvalue weighted by Gasteiger charge is -2.37. The lowest BCUT2D eigenvalue weighted by molar-refractivity contribution is -0.384. The van der Waals surface area contributed by atoms with E-state index < -0.39 is 14.8 Å². The van der Waals surface area contributed by atoms with Gasteiger partial charge in [-0.3, -0.25) is 10.1 Å². The Labute approximate surface area is 144 Å². The number of fused-ring (bicyclic) bond motifs is 1. The Kier molecular flexibility index (Phi) is 4.35. The van der Waals surface area contributed by atoms with E-state index in [0.717, 1.165) is 19.1 Å². The van der Waals surface area contributed by atoms with Crippen LogP contribution in [0.1, 0.15) is 29.8 Å². The number of hydrogen-bond acceptors (Lipinski definition) is 6. The number of anilines is 1. The maximum absolute atomic E-state index is 11.7. The summed E-state index contributed by atoms with van der Waals surface area (Å²) in [5, 5.41) is 13.6. The van der Waals surface area contributed by atoms with Crippen LogP contribution in [0.15, 0.2) is 34.5 Å². The molecule has 1 unspecified atom stereocenters. The fourth-order valence-corrected chi connectivity index (χ4v) is 4.82. The summed E-state index contributed by atoms with van der Waals surface area (Å²) in [5.41, 5.74) is 1.54. The molecule has 0 radical (unpaired) electrons. The van der Waals surface area contributed by atoms with Gasteiger partial charge in [0.25, 0.3) is 5.69 Å². The highest BCUT2D eigenvalue weighted by Crippen LogP contribution is 2.41. The Morgan fingerprint density at radius 1 is 1.38 bits per heavy atom. The molecule has 6 nitrogen and oxygen atoms in total. The van der Waals surface area contributed by atoms with Crippen molar-refractivity contribution in [2.75, 3.05) is 17.7 Å². The molecule has 0 amide bonds. The third kappa shape index (κ3) is 2.91. The van der Waals surface area contributed by atoms with Crippen molar-refractivity contribution in [3.05, 3.63) is 50.2 Å². The van der Waals surface area contributed by atoms with Crippen molar-refractivity contribution in [1.82, 2.24) is 0 Å². The second kappa shape index (κ2) is 6.18. The highest BCUT2D eigenvalue weighted by Gasteiger charge is 2.31. The largest absolute Gasteiger partial charge is 0.359 e. The van der Waals surface area contributed by atoms with Crippen LogP contribution in [0.2, 0.25) is 0 Å². The molecule has 0 aliphatic carbocycles. The van der Waals surface area contributed by atoms with Crippen molar-refractivity contribution >= 4 is 32.5 Å². The van der Waals surface area contributed by atoms with Gasteiger partial charge in [0.2, 0.25) is 0 Å². The first-order valence-electron chi connectivity index (χ1n) is 7.64. The molecule has 0 fully saturated rings. The monoisotopic (exact) mass is 366 g/mol. The minimum absolute atomic E-state index is 0.0285. The topological polar surface area (TPSA) is 80.5 Å². The zero-order valence-corrected chi connectivity index (χ0v) is 15.1. The van der Waals surface area contributed by atoms with Gasteiger partial charge in [-0.1, -0.05) is 6.92 Å². The van der Waals surface area contributed by atoms with Crippen LogP contribution in [0.25, 0.3) is 0 Å². The molecule has 0 saturated heterocycles. The van der Waals surface area contributed by atoms with Crippen molar-refractivity contribution in [3.63, 3.8) is 0 Å². The molecule has 1 atom stereocenters. The number of thiophene rings is 1. The normalized spacial score (nSPS) is 17.6. The summed E-state index contributed by atoms with van der Waals surface area (Å²) in [4.78, 5) is 14.3. The minimum Gasteiger partial charge on any atom is -0.359 e. The first-order chi connectivity index (χ1) is 11.3. The van der Waals surface area contributed by atoms with Crippen LogP contribution in [-0.4, -0.2) is 26.1 Å². The van der Waals surface area contributed by atoms with E-state index in [4.69, 9.17) is 0 Å². The van der Waals surface area contributed by atoms with Gasteiger partial charge in [-0.2, -0.15) is 0 Å². The molecule has 0 spiro atoms. The molecule has 0 saturated carbocycles. The van der Waals surface area contributed by atoms with Crippen molar-refractivity contribution in [3.8, 4) is 0 Å².